The molecule has 0 rings (SSSR count). The van der Waals surface area contributed by atoms with Crippen molar-refractivity contribution in [3.8, 4) is 0 Å². The molecule has 0 aromatic carbocycles. The van der Waals surface area contributed by atoms with Crippen LogP contribution >= 0.6 is 0 Å². The van der Waals surface area contributed by atoms with Crippen LogP contribution in [0.25, 0.3) is 0 Å². The first-order chi connectivity index (χ1) is 16.4. The summed E-state index contributed by atoms with van der Waals surface area (Å²) in [5.74, 6) is -1.09. The maximum absolute atomic E-state index is 6.10. The van der Waals surface area contributed by atoms with Crippen LogP contribution in [-0.2, 0) is 14.2 Å². The highest BCUT2D eigenvalue weighted by molar-refractivity contribution is 5.04. The molecule has 0 unspecified atom stereocenters. The highest BCUT2D eigenvalue weighted by atomic mass is 16.9. The molecule has 3 heteroatoms. The van der Waals surface area contributed by atoms with Gasteiger partial charge in [0.15, 0.2) is 0 Å². The van der Waals surface area contributed by atoms with Gasteiger partial charge in [-0.25, -0.2) is 0 Å². The van der Waals surface area contributed by atoms with Crippen LogP contribution in [0.15, 0.2) is 69.9 Å². The summed E-state index contributed by atoms with van der Waals surface area (Å²) in [5, 5.41) is 0. The van der Waals surface area contributed by atoms with E-state index < -0.39 is 5.97 Å². The largest absolute Gasteiger partial charge is 0.323 e. The highest BCUT2D eigenvalue weighted by Gasteiger charge is 2.26. The van der Waals surface area contributed by atoms with Gasteiger partial charge in [-0.15, -0.1) is 0 Å². The predicted octanol–water partition coefficient (Wildman–Crippen LogP) is 9.79. The van der Waals surface area contributed by atoms with Crippen molar-refractivity contribution in [3.63, 3.8) is 0 Å². The molecule has 200 valence electrons. The van der Waals surface area contributed by atoms with E-state index >= 15 is 0 Å². The lowest BCUT2D eigenvalue weighted by atomic mass is 10.1. The van der Waals surface area contributed by atoms with Gasteiger partial charge in [0.25, 0.3) is 5.97 Å². The van der Waals surface area contributed by atoms with Crippen molar-refractivity contribution in [1.29, 1.82) is 0 Å². The van der Waals surface area contributed by atoms with E-state index in [0.717, 1.165) is 38.5 Å². The van der Waals surface area contributed by atoms with E-state index in [0.29, 0.717) is 19.8 Å². The molecule has 0 radical (unpaired) electrons. The van der Waals surface area contributed by atoms with Crippen molar-refractivity contribution < 1.29 is 14.2 Å². The Kier molecular flexibility index (Phi) is 18.6. The van der Waals surface area contributed by atoms with Crippen LogP contribution in [0, 0.1) is 0 Å². The van der Waals surface area contributed by atoms with Crippen molar-refractivity contribution in [2.75, 3.05) is 19.8 Å². The molecule has 0 spiro atoms. The van der Waals surface area contributed by atoms with E-state index in [9.17, 15) is 0 Å². The SMILES string of the molecule is CC(C)=CCC/C(C)=C/COC(C)(OC/C=C(\C)CCC=C(C)C)OC/C=C(\C)CCC=C(C)C. The molecule has 0 aromatic heterocycles. The van der Waals surface area contributed by atoms with Crippen LogP contribution in [0.4, 0.5) is 0 Å². The first kappa shape index (κ1) is 33.3. The summed E-state index contributed by atoms with van der Waals surface area (Å²) in [6.07, 6.45) is 19.5. The Labute approximate surface area is 217 Å². The van der Waals surface area contributed by atoms with Gasteiger partial charge in [0.05, 0.1) is 19.8 Å². The third-order valence-corrected chi connectivity index (χ3v) is 5.61. The summed E-state index contributed by atoms with van der Waals surface area (Å²) in [6, 6.07) is 0. The number of hydrogen-bond acceptors (Lipinski definition) is 3. The van der Waals surface area contributed by atoms with Crippen LogP contribution < -0.4 is 0 Å². The fourth-order valence-electron chi connectivity index (χ4n) is 3.20. The molecular formula is C32H54O3. The van der Waals surface area contributed by atoms with Gasteiger partial charge in [-0.1, -0.05) is 69.9 Å². The maximum Gasteiger partial charge on any atom is 0.280 e. The number of ether oxygens (including phenoxy) is 3. The summed E-state index contributed by atoms with van der Waals surface area (Å²) < 4.78 is 18.3. The second kappa shape index (κ2) is 19.5. The average Bonchev–Trinajstić information content (AvgIpc) is 2.73. The first-order valence-corrected chi connectivity index (χ1v) is 13.2. The van der Waals surface area contributed by atoms with Crippen LogP contribution in [0.5, 0.6) is 0 Å². The molecule has 3 nitrogen and oxygen atoms in total. The van der Waals surface area contributed by atoms with Crippen molar-refractivity contribution in [1.82, 2.24) is 0 Å². The molecule has 0 aliphatic rings. The molecule has 0 fully saturated rings. The number of allylic oxidation sites excluding steroid dienone is 9. The predicted molar refractivity (Wildman–Crippen MR) is 154 cm³/mol. The van der Waals surface area contributed by atoms with Crippen LogP contribution in [-0.4, -0.2) is 25.8 Å². The highest BCUT2D eigenvalue weighted by Crippen LogP contribution is 2.18. The second-order valence-electron chi connectivity index (χ2n) is 10.4. The molecule has 0 saturated carbocycles. The van der Waals surface area contributed by atoms with Crippen molar-refractivity contribution in [3.05, 3.63) is 69.9 Å². The van der Waals surface area contributed by atoms with E-state index in [-0.39, 0.29) is 0 Å². The van der Waals surface area contributed by atoms with Gasteiger partial charge in [-0.2, -0.15) is 0 Å². The summed E-state index contributed by atoms with van der Waals surface area (Å²) in [4.78, 5) is 0. The lowest BCUT2D eigenvalue weighted by Crippen LogP contribution is -2.36. The van der Waals surface area contributed by atoms with E-state index in [1.165, 1.54) is 33.4 Å². The van der Waals surface area contributed by atoms with Crippen LogP contribution in [0.1, 0.15) is 108 Å². The number of rotatable bonds is 18. The zero-order valence-electron chi connectivity index (χ0n) is 24.6. The lowest BCUT2D eigenvalue weighted by molar-refractivity contribution is -0.359. The minimum Gasteiger partial charge on any atom is -0.323 e. The van der Waals surface area contributed by atoms with Gasteiger partial charge in [-0.3, -0.25) is 0 Å². The molecule has 0 atom stereocenters. The molecule has 0 aliphatic carbocycles. The first-order valence-electron chi connectivity index (χ1n) is 13.2. The molecule has 0 saturated heterocycles. The normalized spacial score (nSPS) is 13.0. The topological polar surface area (TPSA) is 27.7 Å². The summed E-state index contributed by atoms with van der Waals surface area (Å²) in [5.41, 5.74) is 8.02. The Hall–Kier alpha value is -1.68. The smallest absolute Gasteiger partial charge is 0.280 e. The summed E-state index contributed by atoms with van der Waals surface area (Å²) in [6.45, 7) is 22.5. The van der Waals surface area contributed by atoms with Gasteiger partial charge in [0.1, 0.15) is 0 Å². The fourth-order valence-corrected chi connectivity index (χ4v) is 3.20. The van der Waals surface area contributed by atoms with E-state index in [1.807, 2.05) is 6.92 Å². The fraction of sp³-hybridized carbons (Fsp3) is 0.625. The van der Waals surface area contributed by atoms with Gasteiger partial charge in [0.2, 0.25) is 0 Å². The van der Waals surface area contributed by atoms with Gasteiger partial charge in [0, 0.05) is 6.92 Å². The van der Waals surface area contributed by atoms with Crippen molar-refractivity contribution in [2.45, 2.75) is 114 Å². The van der Waals surface area contributed by atoms with Crippen molar-refractivity contribution >= 4 is 0 Å². The molecule has 0 heterocycles. The zero-order chi connectivity index (χ0) is 26.7. The van der Waals surface area contributed by atoms with Crippen LogP contribution in [0.3, 0.4) is 0 Å². The average molecular weight is 487 g/mol. The summed E-state index contributed by atoms with van der Waals surface area (Å²) in [7, 11) is 0. The Bertz CT molecular complexity index is 660. The molecular weight excluding hydrogens is 432 g/mol. The third-order valence-electron chi connectivity index (χ3n) is 5.61. The lowest BCUT2D eigenvalue weighted by Gasteiger charge is -2.28. The Morgan fingerprint density at radius 1 is 0.457 bits per heavy atom. The Balaban J connectivity index is 5.00. The standard InChI is InChI=1S/C32H54O3/c1-26(2)14-11-17-29(7)20-23-33-32(10,34-24-21-30(8)18-12-15-27(3)4)35-25-22-31(9)19-13-16-28(5)6/h14-16,20-22H,11-13,17-19,23-25H2,1-10H3/b29-20+,30-21+,31-22+. The number of hydrogen-bond donors (Lipinski definition) is 0. The molecule has 0 bridgehead atoms. The second-order valence-corrected chi connectivity index (χ2v) is 10.4. The maximum atomic E-state index is 6.10. The minimum absolute atomic E-state index is 0.462. The summed E-state index contributed by atoms with van der Waals surface area (Å²) >= 11 is 0. The monoisotopic (exact) mass is 486 g/mol. The molecule has 0 aromatic rings. The minimum atomic E-state index is -1.09. The van der Waals surface area contributed by atoms with E-state index in [1.54, 1.807) is 0 Å². The quantitative estimate of drug-likeness (QED) is 0.142. The zero-order valence-corrected chi connectivity index (χ0v) is 24.6. The molecule has 35 heavy (non-hydrogen) atoms. The Morgan fingerprint density at radius 3 is 0.943 bits per heavy atom. The molecule has 0 aliphatic heterocycles. The van der Waals surface area contributed by atoms with Crippen molar-refractivity contribution in [2.24, 2.45) is 0 Å². The van der Waals surface area contributed by atoms with Gasteiger partial charge in [-0.05, 0) is 101 Å². The Morgan fingerprint density at radius 2 is 0.714 bits per heavy atom. The van der Waals surface area contributed by atoms with E-state index in [4.69, 9.17) is 14.2 Å². The van der Waals surface area contributed by atoms with Gasteiger partial charge < -0.3 is 14.2 Å². The van der Waals surface area contributed by atoms with E-state index in [2.05, 4.69) is 98.8 Å². The van der Waals surface area contributed by atoms with Gasteiger partial charge >= 0.3 is 0 Å². The molecule has 0 amide bonds. The van der Waals surface area contributed by atoms with Crippen LogP contribution in [0.2, 0.25) is 0 Å². The third kappa shape index (κ3) is 21.3. The molecule has 0 N–H and O–H groups in total.